The fourth-order valence-electron chi connectivity index (χ4n) is 0.298. The molecule has 0 aromatic heterocycles. The van der Waals surface area contributed by atoms with Gasteiger partial charge in [-0.2, -0.15) is 0 Å². The van der Waals surface area contributed by atoms with Gasteiger partial charge in [-0.15, -0.1) is 9.46 Å². The Morgan fingerprint density at radius 3 is 1.69 bits per heavy atom. The average molecular weight is 232 g/mol. The highest BCUT2D eigenvalue weighted by atomic mass is 31.2. The molecule has 0 radical (unpaired) electrons. The largest absolute Gasteiger partial charge is 0.405 e. The first kappa shape index (κ1) is 12.9. The predicted octanol–water partition coefficient (Wildman–Crippen LogP) is 2.93. The molecule has 0 saturated carbocycles. The van der Waals surface area contributed by atoms with Gasteiger partial charge in [-0.05, 0) is 9.05 Å². The zero-order valence-corrected chi connectivity index (χ0v) is 6.57. The lowest BCUT2D eigenvalue weighted by molar-refractivity contribution is -0.136. The quantitative estimate of drug-likeness (QED) is 0.520. The fourth-order valence-corrected chi connectivity index (χ4v) is 0.665. The van der Waals surface area contributed by atoms with Crippen LogP contribution in [-0.4, -0.2) is 19.0 Å². The van der Waals surface area contributed by atoms with E-state index in [9.17, 15) is 26.6 Å². The summed E-state index contributed by atoms with van der Waals surface area (Å²) in [6, 6.07) is 0. The van der Waals surface area contributed by atoms with Crippen molar-refractivity contribution in [2.24, 2.45) is 0 Å². The molecule has 0 N–H and O–H groups in total. The molecule has 2 unspecified atom stereocenters. The van der Waals surface area contributed by atoms with Gasteiger partial charge in [0.1, 0.15) is 0 Å². The number of alkyl halides is 4. The van der Waals surface area contributed by atoms with Crippen LogP contribution in [0.15, 0.2) is 0 Å². The van der Waals surface area contributed by atoms with Gasteiger partial charge in [-0.1, -0.05) is 0 Å². The molecule has 0 heterocycles. The molecule has 0 aliphatic heterocycles. The van der Waals surface area contributed by atoms with Crippen molar-refractivity contribution in [3.05, 3.63) is 0 Å². The smallest absolute Gasteiger partial charge is 0.270 e. The molecule has 0 aliphatic rings. The SMILES string of the molecule is FOP(OF)OC(F)C(F)C(F)F. The highest BCUT2D eigenvalue weighted by molar-refractivity contribution is 7.41. The highest BCUT2D eigenvalue weighted by Crippen LogP contribution is 2.43. The molecule has 80 valence electrons. The van der Waals surface area contributed by atoms with Gasteiger partial charge >= 0.3 is 8.60 Å². The van der Waals surface area contributed by atoms with Gasteiger partial charge in [0.15, 0.2) is 0 Å². The van der Waals surface area contributed by atoms with E-state index < -0.39 is 27.6 Å². The summed E-state index contributed by atoms with van der Waals surface area (Å²) in [4.78, 5) is 0. The van der Waals surface area contributed by atoms with Crippen LogP contribution in [-0.2, 0) is 14.0 Å². The molecule has 3 nitrogen and oxygen atoms in total. The zero-order valence-electron chi connectivity index (χ0n) is 5.67. The number of rotatable bonds is 6. The lowest BCUT2D eigenvalue weighted by atomic mass is 10.4. The molecule has 13 heavy (non-hydrogen) atoms. The first-order valence-corrected chi connectivity index (χ1v) is 3.73. The number of halogens is 6. The van der Waals surface area contributed by atoms with E-state index >= 15 is 0 Å². The minimum atomic E-state index is -3.67. The maximum Gasteiger partial charge on any atom is 0.405 e. The van der Waals surface area contributed by atoms with Crippen molar-refractivity contribution in [2.45, 2.75) is 19.0 Å². The molecule has 0 saturated heterocycles. The van der Waals surface area contributed by atoms with Crippen LogP contribution in [0.25, 0.3) is 0 Å². The van der Waals surface area contributed by atoms with Gasteiger partial charge < -0.3 is 0 Å². The van der Waals surface area contributed by atoms with Crippen molar-refractivity contribution in [3.8, 4) is 0 Å². The molecule has 0 aromatic carbocycles. The summed E-state index contributed by atoms with van der Waals surface area (Å²) in [6.07, 6.45) is -10.2. The molecule has 0 aliphatic carbocycles. The standard InChI is InChI=1S/C3H3F6O3P/c4-1(2(5)6)3(7)10-13(11-8)12-9/h1-3H. The molecule has 0 bridgehead atoms. The van der Waals surface area contributed by atoms with Crippen molar-refractivity contribution in [2.75, 3.05) is 0 Å². The first-order chi connectivity index (χ1) is 6.02. The maximum atomic E-state index is 12.1. The van der Waals surface area contributed by atoms with Crippen molar-refractivity contribution in [1.29, 1.82) is 0 Å². The molecule has 0 amide bonds. The first-order valence-electron chi connectivity index (χ1n) is 2.63. The van der Waals surface area contributed by atoms with E-state index in [-0.39, 0.29) is 0 Å². The summed E-state index contributed by atoms with van der Waals surface area (Å²) in [5, 5.41) is 0. The Hall–Kier alpha value is -0.110. The van der Waals surface area contributed by atoms with Crippen LogP contribution in [0.2, 0.25) is 0 Å². The van der Waals surface area contributed by atoms with E-state index in [0.29, 0.717) is 0 Å². The zero-order chi connectivity index (χ0) is 10.4. The Morgan fingerprint density at radius 1 is 0.923 bits per heavy atom. The van der Waals surface area contributed by atoms with Crippen LogP contribution < -0.4 is 0 Å². The van der Waals surface area contributed by atoms with Crippen molar-refractivity contribution < 1.29 is 40.6 Å². The number of hydrogen-bond donors (Lipinski definition) is 0. The summed E-state index contributed by atoms with van der Waals surface area (Å²) in [7, 11) is -3.43. The Morgan fingerprint density at radius 2 is 1.38 bits per heavy atom. The third kappa shape index (κ3) is 4.61. The molecule has 10 heteroatoms. The molecule has 0 spiro atoms. The fraction of sp³-hybridized carbons (Fsp3) is 1.00. The second-order valence-corrected chi connectivity index (χ2v) is 2.53. The third-order valence-corrected chi connectivity index (χ3v) is 1.39. The summed E-state index contributed by atoms with van der Waals surface area (Å²) in [5.41, 5.74) is 0. The van der Waals surface area contributed by atoms with Gasteiger partial charge in [-0.3, -0.25) is 4.52 Å². The highest BCUT2D eigenvalue weighted by Gasteiger charge is 2.34. The molecule has 0 fully saturated rings. The van der Waals surface area contributed by atoms with Crippen LogP contribution in [0.1, 0.15) is 0 Å². The van der Waals surface area contributed by atoms with E-state index in [2.05, 4.69) is 14.0 Å². The van der Waals surface area contributed by atoms with E-state index in [4.69, 9.17) is 0 Å². The van der Waals surface area contributed by atoms with Crippen LogP contribution in [0, 0.1) is 0 Å². The van der Waals surface area contributed by atoms with E-state index in [1.807, 2.05) is 0 Å². The Labute approximate surface area is 69.4 Å². The normalized spacial score (nSPS) is 16.6. The van der Waals surface area contributed by atoms with Gasteiger partial charge in [0, 0.05) is 0 Å². The third-order valence-electron chi connectivity index (χ3n) is 0.791. The number of hydrogen-bond acceptors (Lipinski definition) is 3. The van der Waals surface area contributed by atoms with Crippen molar-refractivity contribution in [3.63, 3.8) is 0 Å². The monoisotopic (exact) mass is 232 g/mol. The Balaban J connectivity index is 3.89. The summed E-state index contributed by atoms with van der Waals surface area (Å²) in [6.45, 7) is 0. The minimum Gasteiger partial charge on any atom is -0.270 e. The Bertz CT molecular complexity index is 134. The lowest BCUT2D eigenvalue weighted by Crippen LogP contribution is -2.26. The topological polar surface area (TPSA) is 27.7 Å². The predicted molar refractivity (Wildman–Crippen MR) is 28.2 cm³/mol. The Kier molecular flexibility index (Phi) is 6.31. The van der Waals surface area contributed by atoms with Gasteiger partial charge in [0.25, 0.3) is 6.43 Å². The second kappa shape index (κ2) is 6.36. The summed E-state index contributed by atoms with van der Waals surface area (Å²) >= 11 is 0. The van der Waals surface area contributed by atoms with Crippen LogP contribution in [0.4, 0.5) is 26.6 Å². The van der Waals surface area contributed by atoms with Crippen LogP contribution in [0.3, 0.4) is 0 Å². The molecule has 0 rings (SSSR count). The molecular weight excluding hydrogens is 229 g/mol. The second-order valence-electron chi connectivity index (χ2n) is 1.60. The summed E-state index contributed by atoms with van der Waals surface area (Å²) < 4.78 is 77.2. The van der Waals surface area contributed by atoms with Crippen molar-refractivity contribution >= 4 is 8.60 Å². The van der Waals surface area contributed by atoms with E-state index in [0.717, 1.165) is 0 Å². The molecule has 2 atom stereocenters. The van der Waals surface area contributed by atoms with Gasteiger partial charge in [-0.25, -0.2) is 17.6 Å². The van der Waals surface area contributed by atoms with Gasteiger partial charge in [0.05, 0.1) is 0 Å². The minimum absolute atomic E-state index is 2.49. The van der Waals surface area contributed by atoms with E-state index in [1.54, 1.807) is 0 Å². The van der Waals surface area contributed by atoms with E-state index in [1.165, 1.54) is 0 Å². The lowest BCUT2D eigenvalue weighted by Gasteiger charge is -2.13. The average Bonchev–Trinajstić information content (AvgIpc) is 2.12. The van der Waals surface area contributed by atoms with Crippen LogP contribution in [0.5, 0.6) is 0 Å². The molecular formula is C3H3F6O3P. The maximum absolute atomic E-state index is 12.1. The van der Waals surface area contributed by atoms with Gasteiger partial charge in [0.2, 0.25) is 12.5 Å². The van der Waals surface area contributed by atoms with Crippen LogP contribution >= 0.6 is 8.60 Å². The van der Waals surface area contributed by atoms with Crippen molar-refractivity contribution in [1.82, 2.24) is 0 Å². The molecule has 0 aromatic rings. The summed E-state index contributed by atoms with van der Waals surface area (Å²) in [5.74, 6) is 0.